The lowest BCUT2D eigenvalue weighted by atomic mass is 10.0. The molecule has 5 heteroatoms. The molecule has 0 amide bonds. The van der Waals surface area contributed by atoms with Gasteiger partial charge in [-0.15, -0.1) is 0 Å². The average molecular weight is 361 g/mol. The highest BCUT2D eigenvalue weighted by atomic mass is 15.2. The minimum Gasteiger partial charge on any atom is -0.369 e. The SMILES string of the molecule is C[C@@H]1CCCCN1CCCNc1nc(-c2ccncc2)nc2ccccc12. The van der Waals surface area contributed by atoms with Crippen molar-refractivity contribution in [1.82, 2.24) is 19.9 Å². The van der Waals surface area contributed by atoms with E-state index < -0.39 is 0 Å². The normalized spacial score (nSPS) is 17.9. The number of anilines is 1. The summed E-state index contributed by atoms with van der Waals surface area (Å²) >= 11 is 0. The van der Waals surface area contributed by atoms with Crippen LogP contribution < -0.4 is 5.32 Å². The molecule has 140 valence electrons. The Bertz CT molecular complexity index is 880. The van der Waals surface area contributed by atoms with Crippen molar-refractivity contribution in [2.24, 2.45) is 0 Å². The first-order valence-corrected chi connectivity index (χ1v) is 9.96. The molecular weight excluding hydrogens is 334 g/mol. The summed E-state index contributed by atoms with van der Waals surface area (Å²) in [6.45, 7) is 5.66. The van der Waals surface area contributed by atoms with Gasteiger partial charge in [0, 0.05) is 42.5 Å². The maximum Gasteiger partial charge on any atom is 0.162 e. The second-order valence-electron chi connectivity index (χ2n) is 7.31. The van der Waals surface area contributed by atoms with Gasteiger partial charge in [-0.05, 0) is 57.0 Å². The van der Waals surface area contributed by atoms with Crippen LogP contribution in [-0.4, -0.2) is 45.5 Å². The fourth-order valence-corrected chi connectivity index (χ4v) is 3.82. The molecule has 0 unspecified atom stereocenters. The summed E-state index contributed by atoms with van der Waals surface area (Å²) in [7, 11) is 0. The molecule has 1 saturated heterocycles. The Hall–Kier alpha value is -2.53. The number of piperidine rings is 1. The Morgan fingerprint density at radius 2 is 1.93 bits per heavy atom. The maximum atomic E-state index is 4.81. The predicted molar refractivity (Wildman–Crippen MR) is 111 cm³/mol. The number of rotatable bonds is 6. The Labute approximate surface area is 160 Å². The van der Waals surface area contributed by atoms with Crippen LogP contribution in [0.1, 0.15) is 32.6 Å². The summed E-state index contributed by atoms with van der Waals surface area (Å²) in [5.74, 6) is 1.65. The highest BCUT2D eigenvalue weighted by Crippen LogP contribution is 2.24. The molecule has 1 aromatic carbocycles. The summed E-state index contributed by atoms with van der Waals surface area (Å²) in [5.41, 5.74) is 1.95. The number of hydrogen-bond acceptors (Lipinski definition) is 5. The second-order valence-corrected chi connectivity index (χ2v) is 7.31. The largest absolute Gasteiger partial charge is 0.369 e. The molecule has 1 atom stereocenters. The molecule has 0 saturated carbocycles. The van der Waals surface area contributed by atoms with Crippen LogP contribution in [-0.2, 0) is 0 Å². The number of fused-ring (bicyclic) bond motifs is 1. The Morgan fingerprint density at radius 3 is 2.78 bits per heavy atom. The van der Waals surface area contributed by atoms with Crippen molar-refractivity contribution < 1.29 is 0 Å². The molecule has 2 aromatic heterocycles. The minimum absolute atomic E-state index is 0.719. The maximum absolute atomic E-state index is 4.81. The van der Waals surface area contributed by atoms with Gasteiger partial charge in [0.2, 0.25) is 0 Å². The average Bonchev–Trinajstić information content (AvgIpc) is 2.73. The number of nitrogens with one attached hydrogen (secondary N) is 1. The number of nitrogens with zero attached hydrogens (tertiary/aromatic N) is 4. The van der Waals surface area contributed by atoms with E-state index in [0.29, 0.717) is 0 Å². The fourth-order valence-electron chi connectivity index (χ4n) is 3.82. The molecule has 3 aromatic rings. The number of aromatic nitrogens is 3. The number of hydrogen-bond donors (Lipinski definition) is 1. The second kappa shape index (κ2) is 8.44. The van der Waals surface area contributed by atoms with Crippen LogP contribution in [0.4, 0.5) is 5.82 Å². The molecule has 1 aliphatic heterocycles. The summed E-state index contributed by atoms with van der Waals surface area (Å²) in [4.78, 5) is 16.2. The van der Waals surface area contributed by atoms with Gasteiger partial charge in [0.1, 0.15) is 5.82 Å². The molecule has 3 heterocycles. The van der Waals surface area contributed by atoms with Crippen LogP contribution in [0.5, 0.6) is 0 Å². The zero-order valence-corrected chi connectivity index (χ0v) is 15.9. The summed E-state index contributed by atoms with van der Waals surface area (Å²) in [5, 5.41) is 4.63. The molecule has 4 rings (SSSR count). The van der Waals surface area contributed by atoms with Crippen LogP contribution in [0.25, 0.3) is 22.3 Å². The molecule has 0 radical (unpaired) electrons. The van der Waals surface area contributed by atoms with Crippen LogP contribution in [0.15, 0.2) is 48.8 Å². The minimum atomic E-state index is 0.719. The van der Waals surface area contributed by atoms with E-state index in [9.17, 15) is 0 Å². The predicted octanol–water partition coefficient (Wildman–Crippen LogP) is 4.37. The Kier molecular flexibility index (Phi) is 5.58. The number of benzene rings is 1. The zero-order valence-electron chi connectivity index (χ0n) is 15.9. The van der Waals surface area contributed by atoms with E-state index in [4.69, 9.17) is 9.97 Å². The summed E-state index contributed by atoms with van der Waals surface area (Å²) in [6.07, 6.45) is 8.72. The zero-order chi connectivity index (χ0) is 18.5. The van der Waals surface area contributed by atoms with Gasteiger partial charge in [-0.3, -0.25) is 4.98 Å². The third-order valence-electron chi connectivity index (χ3n) is 5.40. The van der Waals surface area contributed by atoms with E-state index in [0.717, 1.165) is 53.7 Å². The van der Waals surface area contributed by atoms with Crippen LogP contribution in [0.3, 0.4) is 0 Å². The Balaban J connectivity index is 1.48. The van der Waals surface area contributed by atoms with Crippen LogP contribution >= 0.6 is 0 Å². The van der Waals surface area contributed by atoms with Gasteiger partial charge in [0.25, 0.3) is 0 Å². The van der Waals surface area contributed by atoms with Crippen molar-refractivity contribution in [3.63, 3.8) is 0 Å². The van der Waals surface area contributed by atoms with Gasteiger partial charge >= 0.3 is 0 Å². The smallest absolute Gasteiger partial charge is 0.162 e. The highest BCUT2D eigenvalue weighted by Gasteiger charge is 2.17. The molecular formula is C22H27N5. The van der Waals surface area contributed by atoms with E-state index in [-0.39, 0.29) is 0 Å². The van der Waals surface area contributed by atoms with Crippen molar-refractivity contribution in [1.29, 1.82) is 0 Å². The van der Waals surface area contributed by atoms with E-state index in [1.807, 2.05) is 30.3 Å². The molecule has 0 bridgehead atoms. The molecule has 27 heavy (non-hydrogen) atoms. The van der Waals surface area contributed by atoms with Crippen LogP contribution in [0, 0.1) is 0 Å². The summed E-state index contributed by atoms with van der Waals surface area (Å²) < 4.78 is 0. The van der Waals surface area contributed by atoms with Crippen molar-refractivity contribution >= 4 is 16.7 Å². The highest BCUT2D eigenvalue weighted by molar-refractivity contribution is 5.90. The topological polar surface area (TPSA) is 53.9 Å². The van der Waals surface area contributed by atoms with Gasteiger partial charge in [-0.1, -0.05) is 18.6 Å². The van der Waals surface area contributed by atoms with Crippen molar-refractivity contribution in [3.8, 4) is 11.4 Å². The van der Waals surface area contributed by atoms with Gasteiger partial charge in [0.15, 0.2) is 5.82 Å². The fraction of sp³-hybridized carbons (Fsp3) is 0.409. The first-order chi connectivity index (χ1) is 13.3. The first-order valence-electron chi connectivity index (χ1n) is 9.96. The van der Waals surface area contributed by atoms with E-state index in [2.05, 4.69) is 28.2 Å². The first kappa shape index (κ1) is 17.9. The lowest BCUT2D eigenvalue weighted by Crippen LogP contribution is -2.38. The third kappa shape index (κ3) is 4.25. The molecule has 1 fully saturated rings. The number of likely N-dealkylation sites (tertiary alicyclic amines) is 1. The van der Waals surface area contributed by atoms with E-state index >= 15 is 0 Å². The molecule has 1 aliphatic rings. The van der Waals surface area contributed by atoms with Crippen molar-refractivity contribution in [2.45, 2.75) is 38.6 Å². The van der Waals surface area contributed by atoms with Gasteiger partial charge in [0.05, 0.1) is 5.52 Å². The van der Waals surface area contributed by atoms with Gasteiger partial charge in [-0.2, -0.15) is 0 Å². The Morgan fingerprint density at radius 1 is 1.07 bits per heavy atom. The number of para-hydroxylation sites is 1. The van der Waals surface area contributed by atoms with E-state index in [1.54, 1.807) is 12.4 Å². The summed E-state index contributed by atoms with van der Waals surface area (Å²) in [6, 6.07) is 12.8. The third-order valence-corrected chi connectivity index (χ3v) is 5.40. The molecule has 0 spiro atoms. The monoisotopic (exact) mass is 361 g/mol. The van der Waals surface area contributed by atoms with E-state index in [1.165, 1.54) is 25.8 Å². The van der Waals surface area contributed by atoms with Crippen LogP contribution in [0.2, 0.25) is 0 Å². The molecule has 0 aliphatic carbocycles. The lowest BCUT2D eigenvalue weighted by Gasteiger charge is -2.33. The van der Waals surface area contributed by atoms with Gasteiger partial charge < -0.3 is 10.2 Å². The van der Waals surface area contributed by atoms with Crippen molar-refractivity contribution in [3.05, 3.63) is 48.8 Å². The molecule has 1 N–H and O–H groups in total. The lowest BCUT2D eigenvalue weighted by molar-refractivity contribution is 0.160. The van der Waals surface area contributed by atoms with Crippen molar-refractivity contribution in [2.75, 3.05) is 25.0 Å². The quantitative estimate of drug-likeness (QED) is 0.661. The molecule has 5 nitrogen and oxygen atoms in total. The number of pyridine rings is 1. The van der Waals surface area contributed by atoms with Gasteiger partial charge in [-0.25, -0.2) is 9.97 Å². The standard InChI is InChI=1S/C22H27N5/c1-17-7-4-5-15-27(17)16-6-12-24-22-19-8-2-3-9-20(19)25-21(26-22)18-10-13-23-14-11-18/h2-3,8-11,13-14,17H,4-7,12,15-16H2,1H3,(H,24,25,26)/t17-/m1/s1.